The molecule has 2 aliphatic heterocycles. The molecule has 2 aliphatic rings. The fourth-order valence-corrected chi connectivity index (χ4v) is 4.47. The first-order valence-corrected chi connectivity index (χ1v) is 11.4. The van der Waals surface area contributed by atoms with Crippen molar-refractivity contribution in [2.45, 2.75) is 45.4 Å². The van der Waals surface area contributed by atoms with Crippen LogP contribution in [0, 0.1) is 5.92 Å². The van der Waals surface area contributed by atoms with Crippen LogP contribution in [0.2, 0.25) is 0 Å². The van der Waals surface area contributed by atoms with E-state index in [1.807, 2.05) is 37.3 Å². The number of hydrogen-bond donors (Lipinski definition) is 1. The van der Waals surface area contributed by atoms with E-state index in [0.29, 0.717) is 35.6 Å². The van der Waals surface area contributed by atoms with Gasteiger partial charge in [0.2, 0.25) is 0 Å². The van der Waals surface area contributed by atoms with Crippen molar-refractivity contribution in [2.75, 3.05) is 25.2 Å². The van der Waals surface area contributed by atoms with E-state index in [2.05, 4.69) is 22.1 Å². The summed E-state index contributed by atoms with van der Waals surface area (Å²) in [5, 5.41) is 7.84. The van der Waals surface area contributed by atoms with Gasteiger partial charge in [0.05, 0.1) is 18.2 Å². The van der Waals surface area contributed by atoms with Crippen molar-refractivity contribution in [3.63, 3.8) is 0 Å². The van der Waals surface area contributed by atoms with Gasteiger partial charge in [-0.05, 0) is 40.0 Å². The van der Waals surface area contributed by atoms with E-state index in [4.69, 9.17) is 4.74 Å². The molecule has 0 radical (unpaired) electrons. The van der Waals surface area contributed by atoms with Crippen LogP contribution in [0.3, 0.4) is 0 Å². The molecule has 0 spiro atoms. The number of nitrogens with one attached hydrogen (secondary N) is 1. The lowest BCUT2D eigenvalue weighted by atomic mass is 10.0. The molecular formula is C22H29F2N3O3S. The van der Waals surface area contributed by atoms with Crippen LogP contribution < -0.4 is 14.8 Å². The molecule has 1 saturated heterocycles. The smallest absolute Gasteiger partial charge is 0.387 e. The molecule has 6 nitrogen and oxygen atoms in total. The number of aldehydes is 1. The third-order valence-corrected chi connectivity index (χ3v) is 7.00. The lowest BCUT2D eigenvalue weighted by Crippen LogP contribution is -2.51. The molecule has 0 amide bonds. The second-order valence-electron chi connectivity index (χ2n) is 8.28. The second kappa shape index (κ2) is 9.99. The summed E-state index contributed by atoms with van der Waals surface area (Å²) in [4.78, 5) is 11.1. The standard InChI is InChI=1S/C17H18F2N2O3.C5H11NS/c1-10(2)21-14-6-11(8-22)9-23-16(14)15(20-21)12-4-3-5-13(7-12)24-17(18)19;1-5(6-2)3-7-4-5/h3-5,7-8,10-11,17H,6,9H2,1-2H3;6H,3-4H2,1-2H3. The van der Waals surface area contributed by atoms with E-state index >= 15 is 0 Å². The van der Waals surface area contributed by atoms with Gasteiger partial charge in [-0.1, -0.05) is 12.1 Å². The molecule has 4 rings (SSSR count). The van der Waals surface area contributed by atoms with Crippen LogP contribution >= 0.6 is 11.8 Å². The first-order chi connectivity index (χ1) is 14.8. The number of rotatable bonds is 6. The minimum Gasteiger partial charge on any atom is -0.489 e. The van der Waals surface area contributed by atoms with E-state index < -0.39 is 6.61 Å². The first-order valence-electron chi connectivity index (χ1n) is 10.3. The lowest BCUT2D eigenvalue weighted by molar-refractivity contribution is -0.112. The maximum absolute atomic E-state index is 12.4. The van der Waals surface area contributed by atoms with Crippen molar-refractivity contribution in [3.05, 3.63) is 30.0 Å². The number of ether oxygens (including phenoxy) is 2. The summed E-state index contributed by atoms with van der Waals surface area (Å²) in [5.74, 6) is 3.04. The molecule has 31 heavy (non-hydrogen) atoms. The number of benzene rings is 1. The van der Waals surface area contributed by atoms with Crippen LogP contribution in [0.5, 0.6) is 11.5 Å². The third kappa shape index (κ3) is 5.57. The number of hydrogen-bond acceptors (Lipinski definition) is 6. The Labute approximate surface area is 185 Å². The van der Waals surface area contributed by atoms with Crippen molar-refractivity contribution < 1.29 is 23.0 Å². The predicted octanol–water partition coefficient (Wildman–Crippen LogP) is 4.19. The minimum absolute atomic E-state index is 0.0666. The van der Waals surface area contributed by atoms with Crippen LogP contribution in [-0.4, -0.2) is 53.4 Å². The zero-order chi connectivity index (χ0) is 22.6. The lowest BCUT2D eigenvalue weighted by Gasteiger charge is -2.37. The second-order valence-corrected chi connectivity index (χ2v) is 9.27. The Morgan fingerprint density at radius 3 is 2.65 bits per heavy atom. The Balaban J connectivity index is 0.000000330. The number of carbonyl (C=O) groups is 1. The predicted molar refractivity (Wildman–Crippen MR) is 118 cm³/mol. The minimum atomic E-state index is -2.88. The Hall–Kier alpha value is -2.13. The van der Waals surface area contributed by atoms with Gasteiger partial charge in [0, 0.05) is 35.1 Å². The molecular weight excluding hydrogens is 424 g/mol. The van der Waals surface area contributed by atoms with E-state index in [-0.39, 0.29) is 17.7 Å². The van der Waals surface area contributed by atoms with Gasteiger partial charge in [0.25, 0.3) is 0 Å². The van der Waals surface area contributed by atoms with Gasteiger partial charge in [-0.3, -0.25) is 4.68 Å². The van der Waals surface area contributed by atoms with Crippen LogP contribution in [-0.2, 0) is 11.2 Å². The SMILES string of the molecule is CC(C)n1nc(-c2cccc(OC(F)F)c2)c2c1CC(C=O)CO2.CNC1(C)CSC1. The molecule has 0 aliphatic carbocycles. The highest BCUT2D eigenvalue weighted by Crippen LogP contribution is 2.39. The zero-order valence-corrected chi connectivity index (χ0v) is 19.0. The van der Waals surface area contributed by atoms with Crippen LogP contribution in [0.1, 0.15) is 32.5 Å². The van der Waals surface area contributed by atoms with Crippen molar-refractivity contribution in [1.82, 2.24) is 15.1 Å². The molecule has 2 aromatic rings. The molecule has 3 heterocycles. The van der Waals surface area contributed by atoms with Crippen molar-refractivity contribution in [1.29, 1.82) is 0 Å². The largest absolute Gasteiger partial charge is 0.489 e. The van der Waals surface area contributed by atoms with Gasteiger partial charge < -0.3 is 19.6 Å². The number of fused-ring (bicyclic) bond motifs is 1. The number of carbonyl (C=O) groups excluding carboxylic acids is 1. The fraction of sp³-hybridized carbons (Fsp3) is 0.545. The van der Waals surface area contributed by atoms with Crippen molar-refractivity contribution in [3.8, 4) is 22.8 Å². The molecule has 1 unspecified atom stereocenters. The highest BCUT2D eigenvalue weighted by atomic mass is 32.2. The summed E-state index contributed by atoms with van der Waals surface area (Å²) in [6.45, 7) is 3.63. The summed E-state index contributed by atoms with van der Waals surface area (Å²) < 4.78 is 36.9. The summed E-state index contributed by atoms with van der Waals surface area (Å²) in [6.07, 6.45) is 1.44. The Kier molecular flexibility index (Phi) is 7.59. The van der Waals surface area contributed by atoms with Crippen molar-refractivity contribution in [2.24, 2.45) is 5.92 Å². The molecule has 9 heteroatoms. The van der Waals surface area contributed by atoms with E-state index in [9.17, 15) is 13.6 Å². The van der Waals surface area contributed by atoms with Crippen LogP contribution in [0.4, 0.5) is 8.78 Å². The maximum atomic E-state index is 12.4. The molecule has 1 aromatic carbocycles. The molecule has 1 atom stereocenters. The number of nitrogens with zero attached hydrogens (tertiary/aromatic N) is 2. The fourth-order valence-electron chi connectivity index (χ4n) is 3.37. The molecule has 1 N–H and O–H groups in total. The normalized spacial score (nSPS) is 19.0. The van der Waals surface area contributed by atoms with Gasteiger partial charge in [0.15, 0.2) is 5.75 Å². The highest BCUT2D eigenvalue weighted by Gasteiger charge is 2.30. The van der Waals surface area contributed by atoms with Crippen molar-refractivity contribution >= 4 is 18.0 Å². The molecule has 0 bridgehead atoms. The third-order valence-electron chi connectivity index (χ3n) is 5.32. The number of halogens is 2. The summed E-state index contributed by atoms with van der Waals surface area (Å²) >= 11 is 2.01. The Morgan fingerprint density at radius 2 is 2.13 bits per heavy atom. The number of thioether (sulfide) groups is 1. The average molecular weight is 454 g/mol. The molecule has 1 aromatic heterocycles. The van der Waals surface area contributed by atoms with Gasteiger partial charge in [-0.25, -0.2) is 0 Å². The Morgan fingerprint density at radius 1 is 1.39 bits per heavy atom. The monoisotopic (exact) mass is 453 g/mol. The van der Waals surface area contributed by atoms with Gasteiger partial charge >= 0.3 is 6.61 Å². The van der Waals surface area contributed by atoms with Crippen LogP contribution in [0.15, 0.2) is 24.3 Å². The molecule has 1 fully saturated rings. The van der Waals surface area contributed by atoms with Gasteiger partial charge in [-0.15, -0.1) is 0 Å². The Bertz CT molecular complexity index is 895. The molecule has 170 valence electrons. The summed E-state index contributed by atoms with van der Waals surface area (Å²) in [6, 6.07) is 6.45. The van der Waals surface area contributed by atoms with E-state index in [1.54, 1.807) is 12.1 Å². The summed E-state index contributed by atoms with van der Waals surface area (Å²) in [7, 11) is 2.03. The quantitative estimate of drug-likeness (QED) is 0.662. The van der Waals surface area contributed by atoms with E-state index in [1.165, 1.54) is 23.6 Å². The average Bonchev–Trinajstić information content (AvgIpc) is 3.11. The van der Waals surface area contributed by atoms with Gasteiger partial charge in [0.1, 0.15) is 17.7 Å². The van der Waals surface area contributed by atoms with Crippen LogP contribution in [0.25, 0.3) is 11.3 Å². The highest BCUT2D eigenvalue weighted by molar-refractivity contribution is 8.00. The summed E-state index contributed by atoms with van der Waals surface area (Å²) in [5.41, 5.74) is 2.53. The first kappa shape index (κ1) is 23.5. The number of alkyl halides is 2. The van der Waals surface area contributed by atoms with Gasteiger partial charge in [-0.2, -0.15) is 25.6 Å². The zero-order valence-electron chi connectivity index (χ0n) is 18.2. The topological polar surface area (TPSA) is 65.4 Å². The van der Waals surface area contributed by atoms with E-state index in [0.717, 1.165) is 12.0 Å². The molecule has 0 saturated carbocycles. The maximum Gasteiger partial charge on any atom is 0.387 e. The number of aromatic nitrogens is 2.